The van der Waals surface area contributed by atoms with Gasteiger partial charge in [-0.1, -0.05) is 12.6 Å². The van der Waals surface area contributed by atoms with E-state index in [2.05, 4.69) is 24.8 Å². The second-order valence-electron chi connectivity index (χ2n) is 0.283. The fourth-order valence-electron chi connectivity index (χ4n) is 0. The van der Waals surface area contributed by atoms with Crippen molar-refractivity contribution in [3.05, 3.63) is 0 Å². The number of hydrogen-bond acceptors (Lipinski definition) is 1. The van der Waals surface area contributed by atoms with Crippen LogP contribution in [0.1, 0.15) is 0 Å². The summed E-state index contributed by atoms with van der Waals surface area (Å²) in [5.74, 6) is 0. The van der Waals surface area contributed by atoms with Gasteiger partial charge in [0.25, 0.3) is 0 Å². The number of aliphatic hydroxyl groups is 1. The van der Waals surface area contributed by atoms with E-state index in [0.717, 1.165) is 0 Å². The Morgan fingerprint density at radius 1 is 1.29 bits per heavy atom. The molecular formula is CH5Na3OS2. The number of thiocarbonyl (C=S) groups is 1. The average Bonchev–Trinajstić information content (AvgIpc) is 0.811. The third-order valence-corrected chi connectivity index (χ3v) is 0. The zero-order valence-corrected chi connectivity index (χ0v) is 3.51. The average molecular weight is 166 g/mol. The first-order valence-corrected chi connectivity index (χ1v) is 1.51. The summed E-state index contributed by atoms with van der Waals surface area (Å²) in [6, 6.07) is 0. The molecule has 0 bridgehead atoms. The Bertz CT molecular complexity index is 35.9. The molecule has 0 aromatic carbocycles. The normalized spacial score (nSPS) is 3.57. The van der Waals surface area contributed by atoms with E-state index in [1.165, 1.54) is 0 Å². The number of hydrogen-bond donors (Lipinski definition) is 2. The molecule has 0 radical (unpaired) electrons. The maximum atomic E-state index is 7.65. The Kier molecular flexibility index (Phi) is 51.7. The van der Waals surface area contributed by atoms with E-state index >= 15 is 0 Å². The summed E-state index contributed by atoms with van der Waals surface area (Å²) in [5.41, 5.74) is 0. The Labute approximate surface area is 120 Å². The van der Waals surface area contributed by atoms with Crippen LogP contribution in [0.5, 0.6) is 0 Å². The zero-order valence-electron chi connectivity index (χ0n) is 1.80. The number of thiol groups is 1. The van der Waals surface area contributed by atoms with Crippen LogP contribution in [0.2, 0.25) is 0 Å². The quantitative estimate of drug-likeness (QED) is 0.268. The first-order valence-electron chi connectivity index (χ1n) is 0.651. The van der Waals surface area contributed by atoms with Crippen molar-refractivity contribution in [2.45, 2.75) is 0 Å². The van der Waals surface area contributed by atoms with E-state index in [1.54, 1.807) is 0 Å². The first-order chi connectivity index (χ1) is 1.73. The van der Waals surface area contributed by atoms with Crippen LogP contribution in [0, 0.1) is 0 Å². The van der Waals surface area contributed by atoms with Crippen molar-refractivity contribution in [1.82, 2.24) is 0 Å². The second kappa shape index (κ2) is 16.1. The molecule has 0 fully saturated rings. The molecule has 0 heterocycles. The van der Waals surface area contributed by atoms with Crippen LogP contribution in [0.15, 0.2) is 0 Å². The van der Waals surface area contributed by atoms with E-state index in [0.29, 0.717) is 0 Å². The predicted octanol–water partition coefficient (Wildman–Crippen LogP) is -1.19. The van der Waals surface area contributed by atoms with Crippen LogP contribution < -0.4 is 0 Å². The third-order valence-electron chi connectivity index (χ3n) is 0. The molecule has 0 saturated carbocycles. The summed E-state index contributed by atoms with van der Waals surface area (Å²) in [4.78, 5) is 0. The minimum absolute atomic E-state index is 0. The molecule has 0 amide bonds. The molecular weight excluding hydrogens is 161 g/mol. The Hall–Kier alpha value is 3.24. The Balaban J connectivity index is -0.0000000150. The Morgan fingerprint density at radius 2 is 1.29 bits per heavy atom. The fraction of sp³-hybridized carbons (Fsp3) is 0. The molecule has 0 rings (SSSR count). The van der Waals surface area contributed by atoms with Crippen molar-refractivity contribution < 1.29 is 5.11 Å². The molecule has 0 aromatic rings. The van der Waals surface area contributed by atoms with Gasteiger partial charge in [0.05, 0.1) is 0 Å². The standard InChI is InChI=1S/CH2OS2.3Na.3H/c2-1(3)4;;;;;;/h(H2,2,3,4);;;;;;. The van der Waals surface area contributed by atoms with Gasteiger partial charge in [-0.25, -0.2) is 0 Å². The molecule has 0 aromatic heterocycles. The maximum absolute atomic E-state index is 7.65. The van der Waals surface area contributed by atoms with Gasteiger partial charge in [-0.3, -0.25) is 0 Å². The van der Waals surface area contributed by atoms with Crippen molar-refractivity contribution in [2.24, 2.45) is 0 Å². The molecule has 7 heavy (non-hydrogen) atoms. The third kappa shape index (κ3) is 46.1. The molecule has 0 atom stereocenters. The van der Waals surface area contributed by atoms with E-state index in [9.17, 15) is 0 Å². The molecule has 0 saturated heterocycles. The zero-order chi connectivity index (χ0) is 3.58. The van der Waals surface area contributed by atoms with Gasteiger partial charge in [0.1, 0.15) is 0 Å². The molecule has 0 unspecified atom stereocenters. The topological polar surface area (TPSA) is 20.2 Å². The number of rotatable bonds is 0. The summed E-state index contributed by atoms with van der Waals surface area (Å²) in [5, 5.41) is 7.65. The predicted molar refractivity (Wildman–Crippen MR) is 45.7 cm³/mol. The first kappa shape index (κ1) is 22.5. The SMILES string of the molecule is OC(=S)S.[NaH].[NaH].[NaH]. The van der Waals surface area contributed by atoms with Crippen molar-refractivity contribution in [1.29, 1.82) is 0 Å². The molecule has 0 aliphatic rings. The van der Waals surface area contributed by atoms with Crippen molar-refractivity contribution in [2.75, 3.05) is 0 Å². The summed E-state index contributed by atoms with van der Waals surface area (Å²) < 4.78 is -0.306. The van der Waals surface area contributed by atoms with Gasteiger partial charge in [0, 0.05) is 0 Å². The van der Waals surface area contributed by atoms with Crippen LogP contribution in [-0.2, 0) is 0 Å². The summed E-state index contributed by atoms with van der Waals surface area (Å²) >= 11 is 7.21. The van der Waals surface area contributed by atoms with Gasteiger partial charge < -0.3 is 5.11 Å². The molecule has 0 aliphatic heterocycles. The molecule has 30 valence electrons. The van der Waals surface area contributed by atoms with Gasteiger partial charge in [-0.15, -0.1) is 0 Å². The van der Waals surface area contributed by atoms with Crippen LogP contribution in [-0.4, -0.2) is 98.2 Å². The molecule has 0 spiro atoms. The summed E-state index contributed by atoms with van der Waals surface area (Å²) in [6.45, 7) is 0. The molecule has 1 N–H and O–H groups in total. The Morgan fingerprint density at radius 3 is 1.29 bits per heavy atom. The van der Waals surface area contributed by atoms with Crippen LogP contribution >= 0.6 is 24.8 Å². The van der Waals surface area contributed by atoms with Gasteiger partial charge in [0.15, 0.2) is 0 Å². The van der Waals surface area contributed by atoms with Crippen molar-refractivity contribution in [3.8, 4) is 0 Å². The van der Waals surface area contributed by atoms with Gasteiger partial charge in [-0.2, -0.15) is 0 Å². The van der Waals surface area contributed by atoms with Crippen LogP contribution in [0.25, 0.3) is 0 Å². The van der Waals surface area contributed by atoms with Crippen molar-refractivity contribution >= 4 is 118 Å². The monoisotopic (exact) mass is 166 g/mol. The second-order valence-corrected chi connectivity index (χ2v) is 1.40. The van der Waals surface area contributed by atoms with Gasteiger partial charge in [0.2, 0.25) is 4.38 Å². The summed E-state index contributed by atoms with van der Waals surface area (Å²) in [7, 11) is 0. The molecule has 6 heteroatoms. The van der Waals surface area contributed by atoms with E-state index in [4.69, 9.17) is 5.11 Å². The minimum atomic E-state index is -0.306. The van der Waals surface area contributed by atoms with E-state index < -0.39 is 0 Å². The summed E-state index contributed by atoms with van der Waals surface area (Å²) in [6.07, 6.45) is 0. The molecule has 0 aliphatic carbocycles. The van der Waals surface area contributed by atoms with Gasteiger partial charge >= 0.3 is 88.7 Å². The van der Waals surface area contributed by atoms with Crippen molar-refractivity contribution in [3.63, 3.8) is 0 Å². The van der Waals surface area contributed by atoms with Gasteiger partial charge in [-0.05, 0) is 12.2 Å². The van der Waals surface area contributed by atoms with E-state index in [1.807, 2.05) is 0 Å². The van der Waals surface area contributed by atoms with Crippen LogP contribution in [0.3, 0.4) is 0 Å². The fourth-order valence-corrected chi connectivity index (χ4v) is 0. The van der Waals surface area contributed by atoms with Crippen LogP contribution in [0.4, 0.5) is 0 Å². The number of aliphatic hydroxyl groups excluding tert-OH is 1. The molecule has 1 nitrogen and oxygen atoms in total. The van der Waals surface area contributed by atoms with E-state index in [-0.39, 0.29) is 93.1 Å².